The number of fused-ring (bicyclic) bond motifs is 1. The zero-order valence-corrected chi connectivity index (χ0v) is 10.8. The Hall–Kier alpha value is -2.57. The molecule has 0 saturated carbocycles. The molecular weight excluding hydrogens is 287 g/mol. The summed E-state index contributed by atoms with van der Waals surface area (Å²) in [4.78, 5) is 22.8. The van der Waals surface area contributed by atoms with Gasteiger partial charge in [-0.2, -0.15) is 13.2 Å². The fourth-order valence-corrected chi connectivity index (χ4v) is 1.98. The first-order valence-electron chi connectivity index (χ1n) is 5.83. The van der Waals surface area contributed by atoms with Gasteiger partial charge in [0.15, 0.2) is 0 Å². The third kappa shape index (κ3) is 2.81. The van der Waals surface area contributed by atoms with E-state index in [2.05, 4.69) is 0 Å². The second-order valence-corrected chi connectivity index (χ2v) is 4.38. The van der Waals surface area contributed by atoms with Gasteiger partial charge in [0.25, 0.3) is 0 Å². The summed E-state index contributed by atoms with van der Waals surface area (Å²) in [6.07, 6.45) is -5.07. The SMILES string of the molecule is CN(C(=O)C(F)(F)F)c1cc2ccccc2cc1C(=O)O. The number of amides is 1. The standard InChI is InChI=1S/C14H10F3NO3/c1-18(13(21)14(15,16)17)11-7-9-5-3-2-4-8(9)6-10(11)12(19)20/h2-7H,1H3,(H,19,20). The number of alkyl halides is 3. The van der Waals surface area contributed by atoms with E-state index in [-0.39, 0.29) is 11.3 Å². The summed E-state index contributed by atoms with van der Waals surface area (Å²) < 4.78 is 37.5. The highest BCUT2D eigenvalue weighted by atomic mass is 19.4. The second-order valence-electron chi connectivity index (χ2n) is 4.38. The quantitative estimate of drug-likeness (QED) is 0.926. The van der Waals surface area contributed by atoms with Crippen LogP contribution >= 0.6 is 0 Å². The molecule has 0 aliphatic heterocycles. The Morgan fingerprint density at radius 1 is 1.10 bits per heavy atom. The predicted molar refractivity (Wildman–Crippen MR) is 70.4 cm³/mol. The van der Waals surface area contributed by atoms with Crippen molar-refractivity contribution in [3.63, 3.8) is 0 Å². The van der Waals surface area contributed by atoms with E-state index in [0.29, 0.717) is 15.7 Å². The monoisotopic (exact) mass is 297 g/mol. The third-order valence-corrected chi connectivity index (χ3v) is 3.00. The summed E-state index contributed by atoms with van der Waals surface area (Å²) >= 11 is 0. The van der Waals surface area contributed by atoms with Gasteiger partial charge in [-0.3, -0.25) is 4.79 Å². The highest BCUT2D eigenvalue weighted by Gasteiger charge is 2.42. The number of carbonyl (C=O) groups is 2. The van der Waals surface area contributed by atoms with Gasteiger partial charge in [0.05, 0.1) is 11.3 Å². The van der Waals surface area contributed by atoms with Gasteiger partial charge in [0.1, 0.15) is 0 Å². The van der Waals surface area contributed by atoms with E-state index in [4.69, 9.17) is 5.11 Å². The average molecular weight is 297 g/mol. The number of carboxylic acids is 1. The molecule has 0 unspecified atom stereocenters. The van der Waals surface area contributed by atoms with Gasteiger partial charge in [0, 0.05) is 7.05 Å². The summed E-state index contributed by atoms with van der Waals surface area (Å²) in [5.41, 5.74) is -0.669. The number of hydrogen-bond acceptors (Lipinski definition) is 2. The number of anilines is 1. The number of benzene rings is 2. The summed E-state index contributed by atoms with van der Waals surface area (Å²) in [7, 11) is 0.895. The van der Waals surface area contributed by atoms with Crippen LogP contribution in [0.4, 0.5) is 18.9 Å². The molecule has 0 heterocycles. The van der Waals surface area contributed by atoms with Crippen molar-refractivity contribution in [1.82, 2.24) is 0 Å². The second kappa shape index (κ2) is 5.08. The highest BCUT2D eigenvalue weighted by Crippen LogP contribution is 2.29. The van der Waals surface area contributed by atoms with E-state index in [9.17, 15) is 22.8 Å². The molecule has 0 spiro atoms. The Morgan fingerprint density at radius 3 is 2.10 bits per heavy atom. The van der Waals surface area contributed by atoms with E-state index < -0.39 is 18.1 Å². The Labute approximate surface area is 117 Å². The van der Waals surface area contributed by atoms with E-state index in [1.165, 1.54) is 12.1 Å². The van der Waals surface area contributed by atoms with Gasteiger partial charge < -0.3 is 10.0 Å². The Kier molecular flexibility index (Phi) is 3.59. The zero-order valence-electron chi connectivity index (χ0n) is 10.8. The van der Waals surface area contributed by atoms with E-state index in [1.54, 1.807) is 24.3 Å². The molecule has 0 aromatic heterocycles. The molecule has 1 amide bonds. The van der Waals surface area contributed by atoms with E-state index in [0.717, 1.165) is 7.05 Å². The maximum Gasteiger partial charge on any atom is 0.471 e. The van der Waals surface area contributed by atoms with Crippen LogP contribution in [0.5, 0.6) is 0 Å². The Balaban J connectivity index is 2.63. The van der Waals surface area contributed by atoms with E-state index in [1.807, 2.05) is 0 Å². The zero-order chi connectivity index (χ0) is 15.8. The van der Waals surface area contributed by atoms with Crippen LogP contribution in [0, 0.1) is 0 Å². The first kappa shape index (κ1) is 14.8. The molecule has 0 atom stereocenters. The number of carboxylic acid groups (broad SMARTS) is 1. The van der Waals surface area contributed by atoms with E-state index >= 15 is 0 Å². The maximum atomic E-state index is 12.5. The van der Waals surface area contributed by atoms with Crippen molar-refractivity contribution in [1.29, 1.82) is 0 Å². The van der Waals surface area contributed by atoms with Crippen molar-refractivity contribution in [3.05, 3.63) is 42.0 Å². The molecule has 7 heteroatoms. The number of nitrogens with zero attached hydrogens (tertiary/aromatic N) is 1. The van der Waals surface area contributed by atoms with Crippen molar-refractivity contribution >= 4 is 28.3 Å². The van der Waals surface area contributed by atoms with Gasteiger partial charge in [0.2, 0.25) is 0 Å². The van der Waals surface area contributed by atoms with Crippen LogP contribution < -0.4 is 4.90 Å². The number of aromatic carboxylic acids is 1. The molecule has 0 aliphatic rings. The lowest BCUT2D eigenvalue weighted by molar-refractivity contribution is -0.170. The number of halogens is 3. The van der Waals surface area contributed by atoms with Gasteiger partial charge in [-0.05, 0) is 22.9 Å². The van der Waals surface area contributed by atoms with Crippen LogP contribution in [0.15, 0.2) is 36.4 Å². The van der Waals surface area contributed by atoms with Gasteiger partial charge in [-0.1, -0.05) is 24.3 Å². The van der Waals surface area contributed by atoms with Crippen molar-refractivity contribution < 1.29 is 27.9 Å². The lowest BCUT2D eigenvalue weighted by atomic mass is 10.0. The molecule has 21 heavy (non-hydrogen) atoms. The maximum absolute atomic E-state index is 12.5. The molecule has 1 N–H and O–H groups in total. The highest BCUT2D eigenvalue weighted by molar-refractivity contribution is 6.07. The third-order valence-electron chi connectivity index (χ3n) is 3.00. The normalized spacial score (nSPS) is 11.4. The number of carbonyl (C=O) groups excluding carboxylic acids is 1. The summed E-state index contributed by atoms with van der Waals surface area (Å²) in [6, 6.07) is 9.10. The van der Waals surface area contributed by atoms with Crippen molar-refractivity contribution in [2.75, 3.05) is 11.9 Å². The molecule has 0 bridgehead atoms. The minimum absolute atomic E-state index is 0.301. The topological polar surface area (TPSA) is 57.6 Å². The first-order valence-corrected chi connectivity index (χ1v) is 5.83. The van der Waals surface area contributed by atoms with Crippen LogP contribution in [-0.2, 0) is 4.79 Å². The molecule has 0 radical (unpaired) electrons. The van der Waals surface area contributed by atoms with Gasteiger partial charge >= 0.3 is 18.1 Å². The molecule has 2 aromatic carbocycles. The van der Waals surface area contributed by atoms with Gasteiger partial charge in [-0.25, -0.2) is 4.79 Å². The average Bonchev–Trinajstić information content (AvgIpc) is 2.43. The molecule has 0 saturated heterocycles. The van der Waals surface area contributed by atoms with Crippen LogP contribution in [0.2, 0.25) is 0 Å². The first-order chi connectivity index (χ1) is 9.71. The largest absolute Gasteiger partial charge is 0.478 e. The summed E-state index contributed by atoms with van der Waals surface area (Å²) in [5, 5.41) is 10.2. The molecule has 0 fully saturated rings. The molecule has 110 valence electrons. The van der Waals surface area contributed by atoms with Gasteiger partial charge in [-0.15, -0.1) is 0 Å². The fourth-order valence-electron chi connectivity index (χ4n) is 1.98. The summed E-state index contributed by atoms with van der Waals surface area (Å²) in [6.45, 7) is 0. The minimum Gasteiger partial charge on any atom is -0.478 e. The van der Waals surface area contributed by atoms with Crippen molar-refractivity contribution in [3.8, 4) is 0 Å². The number of rotatable bonds is 2. The summed E-state index contributed by atoms with van der Waals surface area (Å²) in [5.74, 6) is -3.53. The van der Waals surface area contributed by atoms with Crippen LogP contribution in [0.3, 0.4) is 0 Å². The Morgan fingerprint density at radius 2 is 1.62 bits per heavy atom. The number of hydrogen-bond donors (Lipinski definition) is 1. The molecule has 0 aliphatic carbocycles. The lowest BCUT2D eigenvalue weighted by Gasteiger charge is -2.21. The molecule has 2 rings (SSSR count). The smallest absolute Gasteiger partial charge is 0.471 e. The molecular formula is C14H10F3NO3. The van der Waals surface area contributed by atoms with Crippen LogP contribution in [-0.4, -0.2) is 30.2 Å². The van der Waals surface area contributed by atoms with Crippen molar-refractivity contribution in [2.24, 2.45) is 0 Å². The minimum atomic E-state index is -5.07. The lowest BCUT2D eigenvalue weighted by Crippen LogP contribution is -2.39. The fraction of sp³-hybridized carbons (Fsp3) is 0.143. The molecule has 2 aromatic rings. The predicted octanol–water partition coefficient (Wildman–Crippen LogP) is 3.06. The van der Waals surface area contributed by atoms with Crippen molar-refractivity contribution in [2.45, 2.75) is 6.18 Å². The van der Waals surface area contributed by atoms with Crippen LogP contribution in [0.25, 0.3) is 10.8 Å². The van der Waals surface area contributed by atoms with Crippen LogP contribution in [0.1, 0.15) is 10.4 Å². The molecule has 4 nitrogen and oxygen atoms in total. The Bertz CT molecular complexity index is 725.